The van der Waals surface area contributed by atoms with Gasteiger partial charge in [-0.25, -0.2) is 0 Å². The molecule has 0 saturated heterocycles. The van der Waals surface area contributed by atoms with Crippen molar-refractivity contribution < 1.29 is 8.83 Å². The number of benzene rings is 8. The topological polar surface area (TPSA) is 29.5 Å². The summed E-state index contributed by atoms with van der Waals surface area (Å²) >= 11 is 0. The van der Waals surface area contributed by atoms with E-state index in [0.717, 1.165) is 66.5 Å². The first kappa shape index (κ1) is 29.1. The highest BCUT2D eigenvalue weighted by Crippen LogP contribution is 2.45. The monoisotopic (exact) mass is 653 g/mol. The van der Waals surface area contributed by atoms with Gasteiger partial charge < -0.3 is 13.7 Å². The molecule has 0 atom stereocenters. The zero-order chi connectivity index (χ0) is 33.7. The highest BCUT2D eigenvalue weighted by molar-refractivity contribution is 6.19. The lowest BCUT2D eigenvalue weighted by Crippen LogP contribution is -2.10. The molecule has 10 rings (SSSR count). The minimum absolute atomic E-state index is 0.833. The number of furan rings is 2. The van der Waals surface area contributed by atoms with E-state index in [-0.39, 0.29) is 0 Å². The third-order valence-electron chi connectivity index (χ3n) is 9.88. The lowest BCUT2D eigenvalue weighted by Gasteiger charge is -2.26. The SMILES string of the molecule is c1ccc(-c2ccc(-c3ccc(N(c4ccccc4)c4cccc5oc6cc7c(cc6c45)oc4ccc(-c5ccccc5)cc47)cc3)cc2)cc1. The van der Waals surface area contributed by atoms with E-state index in [4.69, 9.17) is 8.83 Å². The summed E-state index contributed by atoms with van der Waals surface area (Å²) in [6, 6.07) is 66.1. The highest BCUT2D eigenvalue weighted by atomic mass is 16.3. The van der Waals surface area contributed by atoms with Gasteiger partial charge in [-0.2, -0.15) is 0 Å². The molecule has 51 heavy (non-hydrogen) atoms. The molecule has 3 nitrogen and oxygen atoms in total. The van der Waals surface area contributed by atoms with Crippen molar-refractivity contribution >= 4 is 60.9 Å². The van der Waals surface area contributed by atoms with Crippen LogP contribution in [0.4, 0.5) is 17.1 Å². The van der Waals surface area contributed by atoms with Gasteiger partial charge in [0.25, 0.3) is 0 Å². The van der Waals surface area contributed by atoms with Gasteiger partial charge in [0.05, 0.1) is 11.1 Å². The summed E-state index contributed by atoms with van der Waals surface area (Å²) in [7, 11) is 0. The maximum absolute atomic E-state index is 6.61. The normalized spacial score (nSPS) is 11.5. The van der Waals surface area contributed by atoms with Crippen molar-refractivity contribution in [2.75, 3.05) is 4.90 Å². The number of hydrogen-bond donors (Lipinski definition) is 0. The number of hydrogen-bond acceptors (Lipinski definition) is 3. The molecule has 0 aliphatic heterocycles. The Morgan fingerprint density at radius 1 is 0.294 bits per heavy atom. The van der Waals surface area contributed by atoms with Gasteiger partial charge in [0.1, 0.15) is 22.3 Å². The first-order valence-electron chi connectivity index (χ1n) is 17.2. The maximum atomic E-state index is 6.61. The Labute approximate surface area is 295 Å². The van der Waals surface area contributed by atoms with Crippen LogP contribution in [-0.4, -0.2) is 0 Å². The standard InChI is InChI=1S/C48H31NO2/c1-4-11-32(12-5-1)34-19-21-35(22-20-34)36-23-26-39(27-24-36)49(38-15-8-3-9-16-38)43-17-10-18-45-48(43)42-31-46-41(30-47(42)51-45)40-29-37(25-28-44(40)50-46)33-13-6-2-7-14-33/h1-31H. The van der Waals surface area contributed by atoms with E-state index in [9.17, 15) is 0 Å². The Morgan fingerprint density at radius 3 is 1.43 bits per heavy atom. The van der Waals surface area contributed by atoms with Crippen molar-refractivity contribution in [1.82, 2.24) is 0 Å². The van der Waals surface area contributed by atoms with E-state index in [1.165, 1.54) is 27.8 Å². The molecule has 0 radical (unpaired) electrons. The summed E-state index contributed by atoms with van der Waals surface area (Å²) in [6.07, 6.45) is 0. The zero-order valence-electron chi connectivity index (χ0n) is 27.7. The second-order valence-electron chi connectivity index (χ2n) is 12.9. The van der Waals surface area contributed by atoms with E-state index in [2.05, 4.69) is 187 Å². The summed E-state index contributed by atoms with van der Waals surface area (Å²) in [4.78, 5) is 2.31. The molecular formula is C48H31NO2. The minimum atomic E-state index is 0.833. The fourth-order valence-electron chi connectivity index (χ4n) is 7.37. The molecule has 3 heteroatoms. The molecule has 8 aromatic carbocycles. The maximum Gasteiger partial charge on any atom is 0.137 e. The van der Waals surface area contributed by atoms with E-state index >= 15 is 0 Å². The smallest absolute Gasteiger partial charge is 0.137 e. The molecule has 0 N–H and O–H groups in total. The predicted molar refractivity (Wildman–Crippen MR) is 212 cm³/mol. The third-order valence-corrected chi connectivity index (χ3v) is 9.88. The minimum Gasteiger partial charge on any atom is -0.456 e. The molecule has 0 saturated carbocycles. The van der Waals surface area contributed by atoms with Gasteiger partial charge in [-0.3, -0.25) is 0 Å². The van der Waals surface area contributed by atoms with Crippen molar-refractivity contribution in [2.45, 2.75) is 0 Å². The Balaban J connectivity index is 1.08. The summed E-state index contributed by atoms with van der Waals surface area (Å²) in [5.41, 5.74) is 13.7. The van der Waals surface area contributed by atoms with Gasteiger partial charge in [0.2, 0.25) is 0 Å². The van der Waals surface area contributed by atoms with E-state index in [0.29, 0.717) is 0 Å². The Kier molecular flexibility index (Phi) is 6.81. The number of rotatable bonds is 6. The van der Waals surface area contributed by atoms with Crippen LogP contribution >= 0.6 is 0 Å². The van der Waals surface area contributed by atoms with Crippen molar-refractivity contribution in [3.63, 3.8) is 0 Å². The lowest BCUT2D eigenvalue weighted by atomic mass is 10.00. The van der Waals surface area contributed by atoms with Crippen molar-refractivity contribution in [1.29, 1.82) is 0 Å². The van der Waals surface area contributed by atoms with Gasteiger partial charge in [0.15, 0.2) is 0 Å². The number of para-hydroxylation sites is 1. The molecule has 0 bridgehead atoms. The van der Waals surface area contributed by atoms with Crippen LogP contribution in [0.25, 0.3) is 77.3 Å². The van der Waals surface area contributed by atoms with Gasteiger partial charge in [0, 0.05) is 27.5 Å². The predicted octanol–water partition coefficient (Wildman–Crippen LogP) is 14.0. The summed E-state index contributed by atoms with van der Waals surface area (Å²) in [6.45, 7) is 0. The fourth-order valence-corrected chi connectivity index (χ4v) is 7.37. The van der Waals surface area contributed by atoms with Crippen LogP contribution in [0.15, 0.2) is 197 Å². The first-order valence-corrected chi connectivity index (χ1v) is 17.2. The second-order valence-corrected chi connectivity index (χ2v) is 12.9. The molecule has 0 aliphatic carbocycles. The summed E-state index contributed by atoms with van der Waals surface area (Å²) in [5.74, 6) is 0. The highest BCUT2D eigenvalue weighted by Gasteiger charge is 2.21. The molecular weight excluding hydrogens is 623 g/mol. The van der Waals surface area contributed by atoms with E-state index in [1.54, 1.807) is 0 Å². The molecule has 0 spiro atoms. The van der Waals surface area contributed by atoms with Gasteiger partial charge in [-0.05, 0) is 94.0 Å². The average Bonchev–Trinajstić information content (AvgIpc) is 3.75. The van der Waals surface area contributed by atoms with Gasteiger partial charge >= 0.3 is 0 Å². The number of nitrogens with zero attached hydrogens (tertiary/aromatic N) is 1. The van der Waals surface area contributed by atoms with Crippen LogP contribution in [0, 0.1) is 0 Å². The quantitative estimate of drug-likeness (QED) is 0.179. The van der Waals surface area contributed by atoms with Crippen LogP contribution in [-0.2, 0) is 0 Å². The second kappa shape index (κ2) is 11.9. The molecule has 0 fully saturated rings. The molecule has 2 heterocycles. The van der Waals surface area contributed by atoms with Crippen LogP contribution < -0.4 is 4.90 Å². The van der Waals surface area contributed by atoms with E-state index in [1.807, 2.05) is 6.07 Å². The number of anilines is 3. The molecule has 240 valence electrons. The summed E-state index contributed by atoms with van der Waals surface area (Å²) in [5, 5.41) is 4.19. The Bertz CT molecular complexity index is 2820. The molecule has 0 aliphatic rings. The van der Waals surface area contributed by atoms with Crippen molar-refractivity contribution in [3.05, 3.63) is 188 Å². The molecule has 10 aromatic rings. The number of fused-ring (bicyclic) bond motifs is 6. The first-order chi connectivity index (χ1) is 25.3. The fraction of sp³-hybridized carbons (Fsp3) is 0. The Morgan fingerprint density at radius 2 is 0.765 bits per heavy atom. The zero-order valence-corrected chi connectivity index (χ0v) is 27.7. The van der Waals surface area contributed by atoms with Crippen molar-refractivity contribution in [3.8, 4) is 33.4 Å². The van der Waals surface area contributed by atoms with Crippen LogP contribution in [0.5, 0.6) is 0 Å². The van der Waals surface area contributed by atoms with Crippen LogP contribution in [0.2, 0.25) is 0 Å². The molecule has 2 aromatic heterocycles. The molecule has 0 amide bonds. The van der Waals surface area contributed by atoms with Gasteiger partial charge in [-0.1, -0.05) is 127 Å². The lowest BCUT2D eigenvalue weighted by molar-refractivity contribution is 0.664. The van der Waals surface area contributed by atoms with Crippen molar-refractivity contribution in [2.24, 2.45) is 0 Å². The van der Waals surface area contributed by atoms with Crippen LogP contribution in [0.1, 0.15) is 0 Å². The average molecular weight is 654 g/mol. The molecule has 0 unspecified atom stereocenters. The van der Waals surface area contributed by atoms with Gasteiger partial charge in [-0.15, -0.1) is 0 Å². The Hall–Kier alpha value is -6.84. The summed E-state index contributed by atoms with van der Waals surface area (Å²) < 4.78 is 13.1. The largest absolute Gasteiger partial charge is 0.456 e. The van der Waals surface area contributed by atoms with E-state index < -0.39 is 0 Å². The van der Waals surface area contributed by atoms with Crippen LogP contribution in [0.3, 0.4) is 0 Å². The third kappa shape index (κ3) is 5.06.